The van der Waals surface area contributed by atoms with Gasteiger partial charge in [0.05, 0.1) is 16.8 Å². The fourth-order valence-corrected chi connectivity index (χ4v) is 2.40. The topological polar surface area (TPSA) is 55.1 Å². The van der Waals surface area contributed by atoms with Crippen LogP contribution in [0.3, 0.4) is 0 Å². The number of benzene rings is 1. The van der Waals surface area contributed by atoms with Gasteiger partial charge in [-0.2, -0.15) is 11.8 Å². The molecule has 0 saturated heterocycles. The van der Waals surface area contributed by atoms with Gasteiger partial charge in [-0.25, -0.2) is 0 Å². The third-order valence-corrected chi connectivity index (χ3v) is 3.61. The first-order valence-corrected chi connectivity index (χ1v) is 7.61. The van der Waals surface area contributed by atoms with Gasteiger partial charge in [-0.05, 0) is 36.6 Å². The lowest BCUT2D eigenvalue weighted by Gasteiger charge is -2.12. The lowest BCUT2D eigenvalue weighted by molar-refractivity contribution is -0.117. The minimum Gasteiger partial charge on any atom is -0.323 e. The number of amides is 1. The van der Waals surface area contributed by atoms with E-state index in [2.05, 4.69) is 21.2 Å². The number of carbonyl (C=O) groups excluding carboxylic acids is 1. The average molecular weight is 338 g/mol. The van der Waals surface area contributed by atoms with Gasteiger partial charge in [-0.15, -0.1) is 0 Å². The quantitative estimate of drug-likeness (QED) is 0.868. The normalized spacial score (nSPS) is 12.2. The highest BCUT2D eigenvalue weighted by atomic mass is 79.9. The summed E-state index contributed by atoms with van der Waals surface area (Å²) < 4.78 is 0.868. The molecular formula is C11H14BrClN2OS. The van der Waals surface area contributed by atoms with E-state index in [4.69, 9.17) is 17.3 Å². The molecule has 0 fully saturated rings. The monoisotopic (exact) mass is 336 g/mol. The third-order valence-electron chi connectivity index (χ3n) is 2.16. The first kappa shape index (κ1) is 14.8. The lowest BCUT2D eigenvalue weighted by atomic mass is 10.2. The maximum atomic E-state index is 11.7. The van der Waals surface area contributed by atoms with E-state index in [-0.39, 0.29) is 5.91 Å². The summed E-state index contributed by atoms with van der Waals surface area (Å²) in [6.07, 6.45) is 2.64. The molecule has 1 aromatic rings. The second kappa shape index (κ2) is 7.26. The molecular weight excluding hydrogens is 324 g/mol. The number of rotatable bonds is 5. The molecule has 0 bridgehead atoms. The van der Waals surface area contributed by atoms with Gasteiger partial charge in [0.15, 0.2) is 0 Å². The van der Waals surface area contributed by atoms with E-state index in [1.54, 1.807) is 23.9 Å². The predicted octanol–water partition coefficient (Wildman–Crippen LogP) is 3.12. The van der Waals surface area contributed by atoms with Crippen molar-refractivity contribution in [2.75, 3.05) is 17.3 Å². The van der Waals surface area contributed by atoms with Crippen LogP contribution in [0, 0.1) is 0 Å². The first-order valence-electron chi connectivity index (χ1n) is 5.05. The van der Waals surface area contributed by atoms with Crippen LogP contribution in [0.25, 0.3) is 0 Å². The van der Waals surface area contributed by atoms with Gasteiger partial charge in [-0.3, -0.25) is 4.79 Å². The highest BCUT2D eigenvalue weighted by molar-refractivity contribution is 9.10. The van der Waals surface area contributed by atoms with E-state index >= 15 is 0 Å². The van der Waals surface area contributed by atoms with Crippen molar-refractivity contribution in [1.82, 2.24) is 0 Å². The van der Waals surface area contributed by atoms with Crippen molar-refractivity contribution in [3.63, 3.8) is 0 Å². The number of nitrogens with two attached hydrogens (primary N) is 1. The Morgan fingerprint density at radius 2 is 2.35 bits per heavy atom. The van der Waals surface area contributed by atoms with E-state index in [1.165, 1.54) is 0 Å². The summed E-state index contributed by atoms with van der Waals surface area (Å²) >= 11 is 11.0. The molecule has 0 saturated carbocycles. The number of thioether (sulfide) groups is 1. The molecule has 0 aliphatic carbocycles. The van der Waals surface area contributed by atoms with Crippen molar-refractivity contribution in [2.45, 2.75) is 12.5 Å². The van der Waals surface area contributed by atoms with Gasteiger partial charge in [0.25, 0.3) is 0 Å². The Hall–Kier alpha value is -0.230. The van der Waals surface area contributed by atoms with Crippen LogP contribution in [0.1, 0.15) is 6.42 Å². The van der Waals surface area contributed by atoms with Gasteiger partial charge in [0, 0.05) is 4.47 Å². The maximum absolute atomic E-state index is 11.7. The Morgan fingerprint density at radius 1 is 1.65 bits per heavy atom. The van der Waals surface area contributed by atoms with Gasteiger partial charge in [0.1, 0.15) is 0 Å². The van der Waals surface area contributed by atoms with Crippen molar-refractivity contribution in [3.05, 3.63) is 27.7 Å². The average Bonchev–Trinajstić information content (AvgIpc) is 2.29. The molecule has 0 unspecified atom stereocenters. The fourth-order valence-electron chi connectivity index (χ4n) is 1.19. The SMILES string of the molecule is CSCC[C@H](N)C(=O)Nc1ccc(Br)cc1Cl. The van der Waals surface area contributed by atoms with Crippen LogP contribution in [0.15, 0.2) is 22.7 Å². The Balaban J connectivity index is 2.61. The molecule has 0 radical (unpaired) electrons. The fraction of sp³-hybridized carbons (Fsp3) is 0.364. The van der Waals surface area contributed by atoms with Gasteiger partial charge in [-0.1, -0.05) is 27.5 Å². The number of carbonyl (C=O) groups is 1. The summed E-state index contributed by atoms with van der Waals surface area (Å²) in [5, 5.41) is 3.21. The summed E-state index contributed by atoms with van der Waals surface area (Å²) in [7, 11) is 0. The smallest absolute Gasteiger partial charge is 0.241 e. The van der Waals surface area contributed by atoms with Gasteiger partial charge in [0.2, 0.25) is 5.91 Å². The van der Waals surface area contributed by atoms with Gasteiger partial charge >= 0.3 is 0 Å². The molecule has 6 heteroatoms. The van der Waals surface area contributed by atoms with Gasteiger partial charge < -0.3 is 11.1 Å². The summed E-state index contributed by atoms with van der Waals surface area (Å²) in [5.74, 6) is 0.658. The molecule has 3 N–H and O–H groups in total. The summed E-state index contributed by atoms with van der Waals surface area (Å²) in [4.78, 5) is 11.7. The van der Waals surface area contributed by atoms with E-state index in [0.717, 1.165) is 10.2 Å². The third kappa shape index (κ3) is 4.87. The molecule has 1 aromatic carbocycles. The molecule has 1 amide bonds. The summed E-state index contributed by atoms with van der Waals surface area (Å²) in [6.45, 7) is 0. The molecule has 0 aliphatic rings. The molecule has 1 atom stereocenters. The zero-order valence-corrected chi connectivity index (χ0v) is 12.5. The molecule has 94 valence electrons. The first-order chi connectivity index (χ1) is 8.04. The van der Waals surface area contributed by atoms with Crippen molar-refractivity contribution >= 4 is 50.9 Å². The number of nitrogens with one attached hydrogen (secondary N) is 1. The number of anilines is 1. The van der Waals surface area contributed by atoms with E-state index < -0.39 is 6.04 Å². The van der Waals surface area contributed by atoms with Crippen LogP contribution in [0.4, 0.5) is 5.69 Å². The number of hydrogen-bond acceptors (Lipinski definition) is 3. The predicted molar refractivity (Wildman–Crippen MR) is 78.8 cm³/mol. The molecule has 0 heterocycles. The second-order valence-electron chi connectivity index (χ2n) is 3.50. The molecule has 0 aromatic heterocycles. The Bertz CT molecular complexity index is 403. The zero-order chi connectivity index (χ0) is 12.8. The van der Waals surface area contributed by atoms with Crippen LogP contribution in [-0.4, -0.2) is 24.0 Å². The minimum atomic E-state index is -0.498. The maximum Gasteiger partial charge on any atom is 0.241 e. The molecule has 0 aliphatic heterocycles. The van der Waals surface area contributed by atoms with E-state index in [1.807, 2.05) is 12.3 Å². The molecule has 0 spiro atoms. The summed E-state index contributed by atoms with van der Waals surface area (Å²) in [5.41, 5.74) is 6.34. The van der Waals surface area contributed by atoms with Crippen molar-refractivity contribution in [2.24, 2.45) is 5.73 Å². The zero-order valence-electron chi connectivity index (χ0n) is 9.37. The molecule has 17 heavy (non-hydrogen) atoms. The molecule has 3 nitrogen and oxygen atoms in total. The van der Waals surface area contributed by atoms with Crippen molar-refractivity contribution < 1.29 is 4.79 Å². The highest BCUT2D eigenvalue weighted by Crippen LogP contribution is 2.25. The van der Waals surface area contributed by atoms with Crippen LogP contribution in [0.5, 0.6) is 0 Å². The standard InChI is InChI=1S/C11H14BrClN2OS/c1-17-5-4-9(14)11(16)15-10-3-2-7(12)6-8(10)13/h2-3,6,9H,4-5,14H2,1H3,(H,15,16)/t9-/m0/s1. The van der Waals surface area contributed by atoms with Crippen LogP contribution < -0.4 is 11.1 Å². The lowest BCUT2D eigenvalue weighted by Crippen LogP contribution is -2.36. The number of hydrogen-bond donors (Lipinski definition) is 2. The highest BCUT2D eigenvalue weighted by Gasteiger charge is 2.14. The van der Waals surface area contributed by atoms with Crippen molar-refractivity contribution in [1.29, 1.82) is 0 Å². The Morgan fingerprint density at radius 3 is 2.94 bits per heavy atom. The van der Waals surface area contributed by atoms with Crippen molar-refractivity contribution in [3.8, 4) is 0 Å². The van der Waals surface area contributed by atoms with Crippen LogP contribution in [-0.2, 0) is 4.79 Å². The Labute approximate surface area is 119 Å². The number of halogens is 2. The minimum absolute atomic E-state index is 0.205. The molecule has 1 rings (SSSR count). The largest absolute Gasteiger partial charge is 0.323 e. The van der Waals surface area contributed by atoms with E-state index in [0.29, 0.717) is 17.1 Å². The van der Waals surface area contributed by atoms with E-state index in [9.17, 15) is 4.79 Å². The Kier molecular flexibility index (Phi) is 6.33. The second-order valence-corrected chi connectivity index (χ2v) is 5.81. The van der Waals surface area contributed by atoms with Crippen LogP contribution >= 0.6 is 39.3 Å². The van der Waals surface area contributed by atoms with Crippen LogP contribution in [0.2, 0.25) is 5.02 Å². The summed E-state index contributed by atoms with van der Waals surface area (Å²) in [6, 6.07) is 4.78.